The van der Waals surface area contributed by atoms with Gasteiger partial charge in [0.1, 0.15) is 0 Å². The van der Waals surface area contributed by atoms with Crippen molar-refractivity contribution in [3.8, 4) is 0 Å². The lowest BCUT2D eigenvalue weighted by molar-refractivity contribution is -0.120. The molecule has 7 heteroatoms. The van der Waals surface area contributed by atoms with Gasteiger partial charge in [-0.15, -0.1) is 0 Å². The van der Waals surface area contributed by atoms with Crippen molar-refractivity contribution in [1.82, 2.24) is 15.1 Å². The fraction of sp³-hybridized carbons (Fsp3) is 0.667. The average Bonchev–Trinajstić information content (AvgIpc) is 3.23. The molecule has 1 aromatic rings. The summed E-state index contributed by atoms with van der Waals surface area (Å²) in [7, 11) is -0.995. The highest BCUT2D eigenvalue weighted by molar-refractivity contribution is 7.92. The lowest BCUT2D eigenvalue weighted by atomic mass is 10.1. The molecule has 0 bridgehead atoms. The van der Waals surface area contributed by atoms with E-state index in [1.165, 1.54) is 5.56 Å². The summed E-state index contributed by atoms with van der Waals surface area (Å²) in [5.74, 6) is -0.220. The number of amides is 1. The van der Waals surface area contributed by atoms with Crippen molar-refractivity contribution in [3.63, 3.8) is 0 Å². The number of nitrogens with zero attached hydrogens (tertiary/aromatic N) is 2. The van der Waals surface area contributed by atoms with Crippen LogP contribution in [0.2, 0.25) is 0 Å². The summed E-state index contributed by atoms with van der Waals surface area (Å²) < 4.78 is 24.6. The number of piperazine rings is 1. The summed E-state index contributed by atoms with van der Waals surface area (Å²) >= 11 is 0. The SMILES string of the molecule is CN1CCN(Cc2ccccc2CNC(=O)CCS(=O)(=O)C2CCCC2)CC1. The Morgan fingerprint density at radius 2 is 1.71 bits per heavy atom. The maximum absolute atomic E-state index is 12.3. The van der Waals surface area contributed by atoms with Crippen LogP contribution in [0.15, 0.2) is 24.3 Å². The highest BCUT2D eigenvalue weighted by atomic mass is 32.2. The minimum Gasteiger partial charge on any atom is -0.352 e. The number of sulfone groups is 1. The van der Waals surface area contributed by atoms with Gasteiger partial charge in [-0.25, -0.2) is 8.42 Å². The van der Waals surface area contributed by atoms with Gasteiger partial charge < -0.3 is 10.2 Å². The maximum atomic E-state index is 12.3. The van der Waals surface area contributed by atoms with Crippen LogP contribution in [0.5, 0.6) is 0 Å². The monoisotopic (exact) mass is 407 g/mol. The minimum absolute atomic E-state index is 0.0353. The number of rotatable bonds is 8. The fourth-order valence-corrected chi connectivity index (χ4v) is 5.92. The van der Waals surface area contributed by atoms with E-state index in [0.717, 1.165) is 64.0 Å². The second-order valence-corrected chi connectivity index (χ2v) is 10.5. The summed E-state index contributed by atoms with van der Waals surface area (Å²) in [5, 5.41) is 2.68. The van der Waals surface area contributed by atoms with Crippen LogP contribution >= 0.6 is 0 Å². The summed E-state index contributed by atoms with van der Waals surface area (Å²) in [6.07, 6.45) is 3.53. The number of carbonyl (C=O) groups is 1. The van der Waals surface area contributed by atoms with Crippen molar-refractivity contribution in [2.45, 2.75) is 50.4 Å². The molecule has 3 rings (SSSR count). The lowest BCUT2D eigenvalue weighted by Crippen LogP contribution is -2.44. The van der Waals surface area contributed by atoms with Crippen molar-refractivity contribution < 1.29 is 13.2 Å². The first kappa shape index (κ1) is 21.3. The lowest BCUT2D eigenvalue weighted by Gasteiger charge is -2.32. The number of benzene rings is 1. The van der Waals surface area contributed by atoms with E-state index in [-0.39, 0.29) is 23.3 Å². The third kappa shape index (κ3) is 6.03. The molecule has 1 saturated carbocycles. The van der Waals surface area contributed by atoms with Gasteiger partial charge in [-0.1, -0.05) is 37.1 Å². The Bertz CT molecular complexity index is 752. The summed E-state index contributed by atoms with van der Waals surface area (Å²) in [6, 6.07) is 8.18. The Balaban J connectivity index is 1.48. The zero-order valence-electron chi connectivity index (χ0n) is 16.9. The van der Waals surface area contributed by atoms with E-state index in [9.17, 15) is 13.2 Å². The molecular formula is C21H33N3O3S. The molecule has 0 aromatic heterocycles. The Hall–Kier alpha value is -1.44. The normalized spacial score (nSPS) is 19.8. The summed E-state index contributed by atoms with van der Waals surface area (Å²) in [4.78, 5) is 17.0. The van der Waals surface area contributed by atoms with Gasteiger partial charge >= 0.3 is 0 Å². The van der Waals surface area contributed by atoms with Gasteiger partial charge in [0, 0.05) is 45.7 Å². The molecule has 6 nitrogen and oxygen atoms in total. The van der Waals surface area contributed by atoms with Gasteiger partial charge in [-0.2, -0.15) is 0 Å². The first-order valence-electron chi connectivity index (χ1n) is 10.4. The predicted molar refractivity (Wildman–Crippen MR) is 112 cm³/mol. The average molecular weight is 408 g/mol. The Morgan fingerprint density at radius 1 is 1.07 bits per heavy atom. The van der Waals surface area contributed by atoms with Crippen molar-refractivity contribution in [2.75, 3.05) is 39.0 Å². The van der Waals surface area contributed by atoms with Gasteiger partial charge in [0.25, 0.3) is 0 Å². The smallest absolute Gasteiger partial charge is 0.221 e. The van der Waals surface area contributed by atoms with Crippen LogP contribution in [0.4, 0.5) is 0 Å². The van der Waals surface area contributed by atoms with Crippen LogP contribution in [0.1, 0.15) is 43.2 Å². The van der Waals surface area contributed by atoms with Crippen LogP contribution in [0.3, 0.4) is 0 Å². The molecule has 1 amide bonds. The molecule has 1 heterocycles. The fourth-order valence-electron chi connectivity index (χ4n) is 4.06. The second kappa shape index (κ2) is 9.85. The first-order chi connectivity index (χ1) is 13.4. The highest BCUT2D eigenvalue weighted by Gasteiger charge is 2.28. The van der Waals surface area contributed by atoms with Gasteiger partial charge in [-0.3, -0.25) is 9.69 Å². The molecule has 1 aliphatic heterocycles. The number of carbonyl (C=O) groups excluding carboxylic acids is 1. The predicted octanol–water partition coefficient (Wildman–Crippen LogP) is 1.80. The summed E-state index contributed by atoms with van der Waals surface area (Å²) in [6.45, 7) is 5.59. The molecule has 2 aliphatic rings. The summed E-state index contributed by atoms with van der Waals surface area (Å²) in [5.41, 5.74) is 2.33. The van der Waals surface area contributed by atoms with Gasteiger partial charge in [0.2, 0.25) is 5.91 Å². The van der Waals surface area contributed by atoms with E-state index in [1.807, 2.05) is 18.2 Å². The van der Waals surface area contributed by atoms with Crippen LogP contribution in [0, 0.1) is 0 Å². The van der Waals surface area contributed by atoms with Crippen molar-refractivity contribution in [2.24, 2.45) is 0 Å². The Labute approximate surface area is 169 Å². The molecular weight excluding hydrogens is 374 g/mol. The number of hydrogen-bond acceptors (Lipinski definition) is 5. The minimum atomic E-state index is -3.14. The third-order valence-corrected chi connectivity index (χ3v) is 8.27. The zero-order chi connectivity index (χ0) is 20.0. The van der Waals surface area contributed by atoms with Crippen molar-refractivity contribution in [3.05, 3.63) is 35.4 Å². The molecule has 1 aromatic carbocycles. The number of likely N-dealkylation sites (N-methyl/N-ethyl adjacent to an activating group) is 1. The highest BCUT2D eigenvalue weighted by Crippen LogP contribution is 2.25. The molecule has 2 fully saturated rings. The van der Waals surface area contributed by atoms with Crippen molar-refractivity contribution in [1.29, 1.82) is 0 Å². The molecule has 28 heavy (non-hydrogen) atoms. The Kier molecular flexibility index (Phi) is 7.48. The van der Waals surface area contributed by atoms with Crippen LogP contribution < -0.4 is 5.32 Å². The van der Waals surface area contributed by atoms with Crippen molar-refractivity contribution >= 4 is 15.7 Å². The number of hydrogen-bond donors (Lipinski definition) is 1. The third-order valence-electron chi connectivity index (χ3n) is 6.01. The molecule has 0 radical (unpaired) electrons. The van der Waals surface area contributed by atoms with E-state index < -0.39 is 9.84 Å². The topological polar surface area (TPSA) is 69.7 Å². The largest absolute Gasteiger partial charge is 0.352 e. The van der Waals surface area contributed by atoms with Crippen LogP contribution in [-0.2, 0) is 27.7 Å². The van der Waals surface area contributed by atoms with Gasteiger partial charge in [0.05, 0.1) is 11.0 Å². The van der Waals surface area contributed by atoms with E-state index in [4.69, 9.17) is 0 Å². The number of nitrogens with one attached hydrogen (secondary N) is 1. The molecule has 1 aliphatic carbocycles. The van der Waals surface area contributed by atoms with Gasteiger partial charge in [0.15, 0.2) is 9.84 Å². The van der Waals surface area contributed by atoms with Gasteiger partial charge in [-0.05, 0) is 31.0 Å². The molecule has 0 spiro atoms. The van der Waals surface area contributed by atoms with E-state index in [0.29, 0.717) is 6.54 Å². The van der Waals surface area contributed by atoms with E-state index in [2.05, 4.69) is 28.2 Å². The van der Waals surface area contributed by atoms with E-state index in [1.54, 1.807) is 0 Å². The molecule has 156 valence electrons. The molecule has 0 atom stereocenters. The Morgan fingerprint density at radius 3 is 2.39 bits per heavy atom. The zero-order valence-corrected chi connectivity index (χ0v) is 17.7. The van der Waals surface area contributed by atoms with Crippen LogP contribution in [-0.4, -0.2) is 68.4 Å². The molecule has 0 unspecified atom stereocenters. The first-order valence-corrected chi connectivity index (χ1v) is 12.1. The second-order valence-electron chi connectivity index (χ2n) is 8.15. The molecule has 1 saturated heterocycles. The maximum Gasteiger partial charge on any atom is 0.221 e. The van der Waals surface area contributed by atoms with E-state index >= 15 is 0 Å². The molecule has 1 N–H and O–H groups in total. The standard InChI is InChI=1S/C21H33N3O3S/c1-23-11-13-24(14-12-23)17-19-7-3-2-6-18(19)16-22-21(25)10-15-28(26,27)20-8-4-5-9-20/h2-3,6-7,20H,4-5,8-17H2,1H3,(H,22,25). The van der Waals surface area contributed by atoms with Crippen LogP contribution in [0.25, 0.3) is 0 Å². The quantitative estimate of drug-likeness (QED) is 0.712.